The summed E-state index contributed by atoms with van der Waals surface area (Å²) in [4.78, 5) is 15.3. The number of nitro groups is 1. The van der Waals surface area contributed by atoms with Gasteiger partial charge in [0, 0.05) is 28.3 Å². The Labute approximate surface area is 119 Å². The first-order valence-electron chi connectivity index (χ1n) is 5.71. The molecule has 102 valence electrons. The number of hydrogen-bond acceptors (Lipinski definition) is 5. The third-order valence-corrected chi connectivity index (χ3v) is 3.44. The van der Waals surface area contributed by atoms with Gasteiger partial charge in [-0.2, -0.15) is 0 Å². The van der Waals surface area contributed by atoms with E-state index in [0.717, 1.165) is 10.6 Å². The van der Waals surface area contributed by atoms with Crippen LogP contribution in [0.4, 0.5) is 5.69 Å². The largest absolute Gasteiger partial charge is 0.384 e. The number of nitro benzene ring substituents is 1. The van der Waals surface area contributed by atoms with Crippen molar-refractivity contribution in [3.05, 3.63) is 57.8 Å². The average Bonchev–Trinajstić information content (AvgIpc) is 2.38. The first kappa shape index (κ1) is 14.0. The summed E-state index contributed by atoms with van der Waals surface area (Å²) in [5, 5.41) is 18.7. The van der Waals surface area contributed by atoms with Gasteiger partial charge in [-0.25, -0.2) is 4.98 Å². The molecule has 0 amide bonds. The molecule has 6 nitrogen and oxygen atoms in total. The minimum atomic E-state index is -0.437. The molecule has 0 radical (unpaired) electrons. The van der Waals surface area contributed by atoms with Crippen LogP contribution in [0.5, 0.6) is 0 Å². The highest BCUT2D eigenvalue weighted by atomic mass is 32.2. The van der Waals surface area contributed by atoms with Gasteiger partial charge in [0.05, 0.1) is 4.92 Å². The van der Waals surface area contributed by atoms with E-state index in [-0.39, 0.29) is 11.5 Å². The first-order chi connectivity index (χ1) is 9.45. The minimum Gasteiger partial charge on any atom is -0.384 e. The molecule has 0 aliphatic heterocycles. The molecule has 2 aromatic rings. The Morgan fingerprint density at radius 3 is 2.55 bits per heavy atom. The zero-order valence-electron chi connectivity index (χ0n) is 10.7. The molecule has 0 aliphatic rings. The fourth-order valence-corrected chi connectivity index (χ4v) is 2.49. The summed E-state index contributed by atoms with van der Waals surface area (Å²) in [7, 11) is 0. The van der Waals surface area contributed by atoms with Crippen molar-refractivity contribution in [3.8, 4) is 0 Å². The number of hydrogen-bond donors (Lipinski definition) is 2. The van der Waals surface area contributed by atoms with Crippen LogP contribution in [0, 0.1) is 22.4 Å². The number of aryl methyl sites for hydroxylation is 1. The molecule has 3 N–H and O–H groups in total. The first-order valence-corrected chi connectivity index (χ1v) is 6.53. The maximum absolute atomic E-state index is 10.6. The summed E-state index contributed by atoms with van der Waals surface area (Å²) in [6.07, 6.45) is 0. The number of nitrogen functional groups attached to an aromatic ring is 1. The van der Waals surface area contributed by atoms with E-state index in [2.05, 4.69) is 4.98 Å². The van der Waals surface area contributed by atoms with Gasteiger partial charge in [-0.1, -0.05) is 11.8 Å². The highest BCUT2D eigenvalue weighted by Crippen LogP contribution is 2.28. The monoisotopic (exact) mass is 288 g/mol. The van der Waals surface area contributed by atoms with Gasteiger partial charge in [0.1, 0.15) is 10.9 Å². The number of nitrogens with one attached hydrogen (secondary N) is 1. The Kier molecular flexibility index (Phi) is 3.99. The number of benzene rings is 1. The Morgan fingerprint density at radius 1 is 1.35 bits per heavy atom. The lowest BCUT2D eigenvalue weighted by atomic mass is 10.2. The zero-order chi connectivity index (χ0) is 14.7. The van der Waals surface area contributed by atoms with Crippen molar-refractivity contribution in [2.75, 3.05) is 0 Å². The van der Waals surface area contributed by atoms with Crippen LogP contribution in [0.2, 0.25) is 0 Å². The number of amidine groups is 1. The third-order valence-electron chi connectivity index (χ3n) is 2.51. The van der Waals surface area contributed by atoms with Gasteiger partial charge in [-0.05, 0) is 31.2 Å². The van der Waals surface area contributed by atoms with Crippen LogP contribution in [0.25, 0.3) is 0 Å². The molecule has 0 saturated heterocycles. The van der Waals surface area contributed by atoms with Crippen LogP contribution in [-0.4, -0.2) is 15.7 Å². The number of nitrogens with zero attached hydrogens (tertiary/aromatic N) is 2. The normalized spacial score (nSPS) is 10.2. The van der Waals surface area contributed by atoms with Gasteiger partial charge in [-0.3, -0.25) is 15.5 Å². The van der Waals surface area contributed by atoms with Crippen molar-refractivity contribution in [2.24, 2.45) is 5.73 Å². The Balaban J connectivity index is 2.25. The van der Waals surface area contributed by atoms with Crippen molar-refractivity contribution in [1.82, 2.24) is 4.98 Å². The molecule has 0 unspecified atom stereocenters. The molecule has 20 heavy (non-hydrogen) atoms. The Hall–Kier alpha value is -2.41. The zero-order valence-corrected chi connectivity index (χ0v) is 11.5. The maximum atomic E-state index is 10.6. The topological polar surface area (TPSA) is 106 Å². The van der Waals surface area contributed by atoms with E-state index in [1.54, 1.807) is 24.3 Å². The number of pyridine rings is 1. The number of nitrogens with two attached hydrogens (primary N) is 1. The van der Waals surface area contributed by atoms with Gasteiger partial charge in [0.2, 0.25) is 0 Å². The average molecular weight is 288 g/mol. The molecular weight excluding hydrogens is 276 g/mol. The maximum Gasteiger partial charge on any atom is 0.269 e. The Morgan fingerprint density at radius 2 is 2.00 bits per heavy atom. The Bertz CT molecular complexity index is 671. The molecule has 0 fully saturated rings. The predicted octanol–water partition coefficient (Wildman–Crippen LogP) is 2.73. The molecule has 1 heterocycles. The molecule has 1 aromatic carbocycles. The molecule has 1 aromatic heterocycles. The van der Waals surface area contributed by atoms with E-state index < -0.39 is 4.92 Å². The van der Waals surface area contributed by atoms with E-state index >= 15 is 0 Å². The molecule has 0 aliphatic carbocycles. The fourth-order valence-electron chi connectivity index (χ4n) is 1.60. The van der Waals surface area contributed by atoms with Crippen molar-refractivity contribution in [2.45, 2.75) is 16.8 Å². The predicted molar refractivity (Wildman–Crippen MR) is 77.2 cm³/mol. The minimum absolute atomic E-state index is 0.0129. The third kappa shape index (κ3) is 3.33. The second-order valence-corrected chi connectivity index (χ2v) is 5.20. The molecule has 0 saturated carbocycles. The quantitative estimate of drug-likeness (QED) is 0.389. The molecule has 7 heteroatoms. The summed E-state index contributed by atoms with van der Waals surface area (Å²) in [5.41, 5.74) is 6.90. The highest BCUT2D eigenvalue weighted by Gasteiger charge is 2.07. The molecule has 2 rings (SSSR count). The second kappa shape index (κ2) is 5.70. The van der Waals surface area contributed by atoms with Gasteiger partial charge in [0.15, 0.2) is 0 Å². The van der Waals surface area contributed by atoms with Gasteiger partial charge in [-0.15, -0.1) is 0 Å². The lowest BCUT2D eigenvalue weighted by molar-refractivity contribution is -0.384. The highest BCUT2D eigenvalue weighted by molar-refractivity contribution is 7.99. The summed E-state index contributed by atoms with van der Waals surface area (Å²) in [6, 6.07) is 9.69. The van der Waals surface area contributed by atoms with Crippen LogP contribution in [0.3, 0.4) is 0 Å². The van der Waals surface area contributed by atoms with Gasteiger partial charge >= 0.3 is 0 Å². The molecule has 0 spiro atoms. The summed E-state index contributed by atoms with van der Waals surface area (Å²) >= 11 is 1.37. The SMILES string of the molecule is Cc1cc(C(=N)N)cc(Sc2ccc([N+](=O)[O-])cc2)n1. The van der Waals surface area contributed by atoms with Crippen molar-refractivity contribution >= 4 is 23.3 Å². The van der Waals surface area contributed by atoms with Crippen LogP contribution < -0.4 is 5.73 Å². The van der Waals surface area contributed by atoms with E-state index in [0.29, 0.717) is 10.6 Å². The standard InChI is InChI=1S/C13H12N4O2S/c1-8-6-9(13(14)15)7-12(16-8)20-11-4-2-10(3-5-11)17(18)19/h2-7H,1H3,(H3,14,15). The number of non-ortho nitro benzene ring substituents is 1. The van der Waals surface area contributed by atoms with Crippen LogP contribution >= 0.6 is 11.8 Å². The van der Waals surface area contributed by atoms with Crippen LogP contribution in [-0.2, 0) is 0 Å². The molecule has 0 atom stereocenters. The van der Waals surface area contributed by atoms with Crippen molar-refractivity contribution in [3.63, 3.8) is 0 Å². The lowest BCUT2D eigenvalue weighted by Crippen LogP contribution is -2.11. The van der Waals surface area contributed by atoms with E-state index in [4.69, 9.17) is 11.1 Å². The van der Waals surface area contributed by atoms with Crippen LogP contribution in [0.1, 0.15) is 11.3 Å². The second-order valence-electron chi connectivity index (χ2n) is 4.10. The number of aromatic nitrogens is 1. The fraction of sp³-hybridized carbons (Fsp3) is 0.0769. The van der Waals surface area contributed by atoms with Gasteiger partial charge in [0.25, 0.3) is 5.69 Å². The lowest BCUT2D eigenvalue weighted by Gasteiger charge is -2.05. The van der Waals surface area contributed by atoms with E-state index in [9.17, 15) is 10.1 Å². The van der Waals surface area contributed by atoms with Crippen molar-refractivity contribution in [1.29, 1.82) is 5.41 Å². The summed E-state index contributed by atoms with van der Waals surface area (Å²) in [5.74, 6) is -0.0129. The summed E-state index contributed by atoms with van der Waals surface area (Å²) < 4.78 is 0. The summed E-state index contributed by atoms with van der Waals surface area (Å²) in [6.45, 7) is 1.83. The van der Waals surface area contributed by atoms with E-state index in [1.807, 2.05) is 6.92 Å². The molecule has 0 bridgehead atoms. The van der Waals surface area contributed by atoms with E-state index in [1.165, 1.54) is 23.9 Å². The van der Waals surface area contributed by atoms with Gasteiger partial charge < -0.3 is 5.73 Å². The smallest absolute Gasteiger partial charge is 0.269 e. The number of rotatable bonds is 4. The molecular formula is C13H12N4O2S. The van der Waals surface area contributed by atoms with Crippen molar-refractivity contribution < 1.29 is 4.92 Å². The van der Waals surface area contributed by atoms with Crippen LogP contribution in [0.15, 0.2) is 46.3 Å².